The van der Waals surface area contributed by atoms with Gasteiger partial charge in [-0.05, 0) is 45.3 Å². The number of nitrogens with zero attached hydrogens (tertiary/aromatic N) is 2. The Labute approximate surface area is 151 Å². The molecule has 0 aliphatic heterocycles. The van der Waals surface area contributed by atoms with Crippen LogP contribution in [0, 0.1) is 18.6 Å². The van der Waals surface area contributed by atoms with Crippen LogP contribution in [0.2, 0.25) is 0 Å². The van der Waals surface area contributed by atoms with E-state index in [1.165, 1.54) is 28.0 Å². The summed E-state index contributed by atoms with van der Waals surface area (Å²) in [4.78, 5) is 8.41. The average Bonchev–Trinajstić information content (AvgIpc) is 2.98. The molecule has 0 saturated carbocycles. The van der Waals surface area contributed by atoms with Gasteiger partial charge in [-0.1, -0.05) is 6.07 Å². The number of halogens is 2. The maximum absolute atomic E-state index is 14.1. The second-order valence-electron chi connectivity index (χ2n) is 5.93. The Morgan fingerprint density at radius 1 is 1.16 bits per heavy atom. The van der Waals surface area contributed by atoms with Crippen molar-refractivity contribution in [2.24, 2.45) is 4.99 Å². The monoisotopic (exact) mass is 366 g/mol. The highest BCUT2D eigenvalue weighted by Gasteiger charge is 2.22. The molecule has 1 heterocycles. The predicted molar refractivity (Wildman–Crippen MR) is 100 cm³/mol. The van der Waals surface area contributed by atoms with Gasteiger partial charge in [0, 0.05) is 28.9 Å². The number of rotatable bonds is 6. The molecule has 1 unspecified atom stereocenters. The van der Waals surface area contributed by atoms with Crippen LogP contribution in [-0.2, 0) is 6.54 Å². The first-order chi connectivity index (χ1) is 11.9. The maximum atomic E-state index is 14.1. The lowest BCUT2D eigenvalue weighted by Crippen LogP contribution is -2.41. The van der Waals surface area contributed by atoms with E-state index in [-0.39, 0.29) is 5.56 Å². The van der Waals surface area contributed by atoms with Gasteiger partial charge >= 0.3 is 0 Å². The zero-order valence-corrected chi connectivity index (χ0v) is 15.8. The van der Waals surface area contributed by atoms with E-state index in [0.717, 1.165) is 0 Å². The third-order valence-electron chi connectivity index (χ3n) is 3.87. The van der Waals surface area contributed by atoms with Crippen LogP contribution in [0.3, 0.4) is 0 Å². The molecular weight excluding hydrogens is 342 g/mol. The van der Waals surface area contributed by atoms with Crippen LogP contribution in [0.25, 0.3) is 0 Å². The minimum atomic E-state index is -0.544. The van der Waals surface area contributed by atoms with Gasteiger partial charge in [0.2, 0.25) is 0 Å². The molecule has 4 nitrogen and oxygen atoms in total. The molecule has 0 fully saturated rings. The fraction of sp³-hybridized carbons (Fsp3) is 0.389. The highest BCUT2D eigenvalue weighted by molar-refractivity contribution is 7.11. The van der Waals surface area contributed by atoms with Crippen molar-refractivity contribution in [3.05, 3.63) is 57.3 Å². The van der Waals surface area contributed by atoms with Crippen molar-refractivity contribution in [3.63, 3.8) is 0 Å². The van der Waals surface area contributed by atoms with Crippen molar-refractivity contribution in [2.75, 3.05) is 27.7 Å². The van der Waals surface area contributed by atoms with Gasteiger partial charge in [0.1, 0.15) is 11.6 Å². The molecule has 7 heteroatoms. The smallest absolute Gasteiger partial charge is 0.191 e. The lowest BCUT2D eigenvalue weighted by atomic mass is 10.0. The van der Waals surface area contributed by atoms with Crippen molar-refractivity contribution in [1.29, 1.82) is 0 Å². The quantitative estimate of drug-likeness (QED) is 0.609. The number of hydrogen-bond acceptors (Lipinski definition) is 3. The minimum Gasteiger partial charge on any atom is -0.354 e. The molecule has 1 aromatic carbocycles. The van der Waals surface area contributed by atoms with Gasteiger partial charge in [-0.25, -0.2) is 8.78 Å². The lowest BCUT2D eigenvalue weighted by molar-refractivity contribution is 0.282. The largest absolute Gasteiger partial charge is 0.354 e. The van der Waals surface area contributed by atoms with E-state index in [4.69, 9.17) is 0 Å². The van der Waals surface area contributed by atoms with E-state index < -0.39 is 17.7 Å². The minimum absolute atomic E-state index is 0.0596. The fourth-order valence-corrected chi connectivity index (χ4v) is 3.37. The van der Waals surface area contributed by atoms with E-state index in [2.05, 4.69) is 34.7 Å². The van der Waals surface area contributed by atoms with Gasteiger partial charge < -0.3 is 15.5 Å². The number of likely N-dealkylation sites (N-methyl/N-ethyl adjacent to an activating group) is 1. The average molecular weight is 366 g/mol. The van der Waals surface area contributed by atoms with Crippen molar-refractivity contribution in [3.8, 4) is 0 Å². The van der Waals surface area contributed by atoms with Gasteiger partial charge in [-0.15, -0.1) is 11.3 Å². The number of guanidine groups is 1. The van der Waals surface area contributed by atoms with Gasteiger partial charge in [0.05, 0.1) is 12.6 Å². The Balaban J connectivity index is 2.02. The first-order valence-corrected chi connectivity index (χ1v) is 8.84. The van der Waals surface area contributed by atoms with Crippen molar-refractivity contribution < 1.29 is 8.78 Å². The molecule has 0 radical (unpaired) electrons. The van der Waals surface area contributed by atoms with Crippen LogP contribution in [0.15, 0.2) is 35.3 Å². The summed E-state index contributed by atoms with van der Waals surface area (Å²) in [6.07, 6.45) is 0. The molecule has 1 aromatic heterocycles. The van der Waals surface area contributed by atoms with Gasteiger partial charge in [-0.2, -0.15) is 0 Å². The van der Waals surface area contributed by atoms with E-state index in [1.54, 1.807) is 37.4 Å². The van der Waals surface area contributed by atoms with Gasteiger partial charge in [0.25, 0.3) is 0 Å². The third-order valence-corrected chi connectivity index (χ3v) is 4.87. The number of nitrogens with one attached hydrogen (secondary N) is 2. The predicted octanol–water partition coefficient (Wildman–Crippen LogP) is 3.30. The fourth-order valence-electron chi connectivity index (χ4n) is 2.54. The Morgan fingerprint density at radius 3 is 2.36 bits per heavy atom. The summed E-state index contributed by atoms with van der Waals surface area (Å²) in [5, 5.41) is 6.37. The highest BCUT2D eigenvalue weighted by Crippen LogP contribution is 2.23. The van der Waals surface area contributed by atoms with Crippen molar-refractivity contribution >= 4 is 17.3 Å². The Kier molecular flexibility index (Phi) is 6.90. The lowest BCUT2D eigenvalue weighted by Gasteiger charge is -2.26. The van der Waals surface area contributed by atoms with Gasteiger partial charge in [-0.3, -0.25) is 4.99 Å². The summed E-state index contributed by atoms with van der Waals surface area (Å²) in [7, 11) is 5.26. The van der Waals surface area contributed by atoms with E-state index in [0.29, 0.717) is 19.0 Å². The standard InChI is InChI=1S/C18H24F2N4S/c1-12-8-9-13(25-12)10-22-18(21-2)23-11-16(24(3)4)17-14(19)6-5-7-15(17)20/h5-9,16H,10-11H2,1-4H3,(H2,21,22,23). The summed E-state index contributed by atoms with van der Waals surface area (Å²) >= 11 is 1.72. The van der Waals surface area contributed by atoms with Crippen LogP contribution in [0.1, 0.15) is 21.4 Å². The Morgan fingerprint density at radius 2 is 1.84 bits per heavy atom. The SMILES string of the molecule is CN=C(NCc1ccc(C)s1)NCC(c1c(F)cccc1F)N(C)C. The molecule has 2 N–H and O–H groups in total. The van der Waals surface area contributed by atoms with Crippen molar-refractivity contribution in [2.45, 2.75) is 19.5 Å². The summed E-state index contributed by atoms with van der Waals surface area (Å²) in [5.41, 5.74) is 0.0596. The summed E-state index contributed by atoms with van der Waals surface area (Å²) in [6.45, 7) is 3.04. The number of aliphatic imine (C=N–C) groups is 1. The van der Waals surface area contributed by atoms with Crippen LogP contribution in [-0.4, -0.2) is 38.5 Å². The van der Waals surface area contributed by atoms with Crippen LogP contribution >= 0.6 is 11.3 Å². The molecular formula is C18H24F2N4S. The van der Waals surface area contributed by atoms with Crippen LogP contribution in [0.4, 0.5) is 8.78 Å². The van der Waals surface area contributed by atoms with Crippen molar-refractivity contribution in [1.82, 2.24) is 15.5 Å². The molecule has 0 aliphatic rings. The van der Waals surface area contributed by atoms with E-state index in [1.807, 2.05) is 0 Å². The zero-order chi connectivity index (χ0) is 18.4. The molecule has 0 aliphatic carbocycles. The first-order valence-electron chi connectivity index (χ1n) is 8.02. The Hall–Kier alpha value is -1.99. The molecule has 2 aromatic rings. The molecule has 0 spiro atoms. The van der Waals surface area contributed by atoms with Crippen LogP contribution in [0.5, 0.6) is 0 Å². The molecule has 0 amide bonds. The second-order valence-corrected chi connectivity index (χ2v) is 7.31. The number of hydrogen-bond donors (Lipinski definition) is 2. The number of aryl methyl sites for hydroxylation is 1. The third kappa shape index (κ3) is 5.24. The molecule has 0 bridgehead atoms. The maximum Gasteiger partial charge on any atom is 0.191 e. The van der Waals surface area contributed by atoms with E-state index >= 15 is 0 Å². The van der Waals surface area contributed by atoms with E-state index in [9.17, 15) is 8.78 Å². The first kappa shape index (κ1) is 19.3. The number of benzene rings is 1. The Bertz CT molecular complexity index is 707. The number of thiophene rings is 1. The summed E-state index contributed by atoms with van der Waals surface area (Å²) in [5.74, 6) is -0.496. The second kappa shape index (κ2) is 8.92. The summed E-state index contributed by atoms with van der Waals surface area (Å²) in [6, 6.07) is 7.61. The normalized spacial score (nSPS) is 13.2. The zero-order valence-electron chi connectivity index (χ0n) is 14.9. The molecule has 25 heavy (non-hydrogen) atoms. The van der Waals surface area contributed by atoms with Crippen LogP contribution < -0.4 is 10.6 Å². The topological polar surface area (TPSA) is 39.7 Å². The molecule has 2 rings (SSSR count). The molecule has 0 saturated heterocycles. The molecule has 136 valence electrons. The van der Waals surface area contributed by atoms with Gasteiger partial charge in [0.15, 0.2) is 5.96 Å². The highest BCUT2D eigenvalue weighted by atomic mass is 32.1. The molecule has 1 atom stereocenters. The summed E-state index contributed by atoms with van der Waals surface area (Å²) < 4.78 is 28.2.